The van der Waals surface area contributed by atoms with Gasteiger partial charge in [0.2, 0.25) is 0 Å². The summed E-state index contributed by atoms with van der Waals surface area (Å²) in [6.07, 6.45) is -2.53. The summed E-state index contributed by atoms with van der Waals surface area (Å²) in [6, 6.07) is 12.3. The van der Waals surface area contributed by atoms with Crippen LogP contribution in [0.15, 0.2) is 59.5 Å². The lowest BCUT2D eigenvalue weighted by atomic mass is 9.99. The number of amides is 1. The molecule has 0 bridgehead atoms. The van der Waals surface area contributed by atoms with Crippen molar-refractivity contribution < 1.29 is 42.1 Å². The Morgan fingerprint density at radius 3 is 2.43 bits per heavy atom. The first-order valence-electron chi connectivity index (χ1n) is 13.9. The van der Waals surface area contributed by atoms with Gasteiger partial charge in [-0.05, 0) is 80.7 Å². The predicted molar refractivity (Wildman–Crippen MR) is 176 cm³/mol. The van der Waals surface area contributed by atoms with Crippen LogP contribution in [0.2, 0.25) is 5.02 Å². The van der Waals surface area contributed by atoms with Gasteiger partial charge in [-0.2, -0.15) is 13.2 Å². The van der Waals surface area contributed by atoms with E-state index >= 15 is 0 Å². The second-order valence-electron chi connectivity index (χ2n) is 10.3. The van der Waals surface area contributed by atoms with Gasteiger partial charge in [0, 0.05) is 29.2 Å². The van der Waals surface area contributed by atoms with Crippen LogP contribution in [0.3, 0.4) is 0 Å². The van der Waals surface area contributed by atoms with E-state index in [0.717, 1.165) is 23.9 Å². The number of hydrogen-bond acceptors (Lipinski definition) is 8. The third-order valence-electron chi connectivity index (χ3n) is 6.76. The SMILES string of the molecule is COc1cc(C(=O)O)ccc1OCCCN1C(=O)/C(=C/c2cc(-c3cc(C(F)(F)F)ccc3Cl)ccc2OCCN(C)C)SC1=S. The van der Waals surface area contributed by atoms with Crippen LogP contribution < -0.4 is 14.2 Å². The fraction of sp³-hybridized carbons (Fsp3) is 0.281. The van der Waals surface area contributed by atoms with Crippen molar-refractivity contribution in [2.24, 2.45) is 0 Å². The van der Waals surface area contributed by atoms with Gasteiger partial charge in [0.1, 0.15) is 16.7 Å². The fourth-order valence-corrected chi connectivity index (χ4v) is 5.91. The van der Waals surface area contributed by atoms with Crippen LogP contribution in [0.5, 0.6) is 17.2 Å². The number of halogens is 4. The molecule has 46 heavy (non-hydrogen) atoms. The highest BCUT2D eigenvalue weighted by Crippen LogP contribution is 2.39. The molecule has 0 radical (unpaired) electrons. The van der Waals surface area contributed by atoms with Crippen molar-refractivity contribution in [2.45, 2.75) is 12.6 Å². The summed E-state index contributed by atoms with van der Waals surface area (Å²) in [7, 11) is 5.19. The minimum atomic E-state index is -4.55. The summed E-state index contributed by atoms with van der Waals surface area (Å²) < 4.78 is 57.7. The Balaban J connectivity index is 1.53. The van der Waals surface area contributed by atoms with Gasteiger partial charge in [0.05, 0.1) is 29.7 Å². The molecule has 8 nitrogen and oxygen atoms in total. The Morgan fingerprint density at radius 1 is 1.04 bits per heavy atom. The summed E-state index contributed by atoms with van der Waals surface area (Å²) in [4.78, 5) is 28.3. The molecule has 0 atom stereocenters. The molecule has 0 aromatic heterocycles. The number of carboxylic acids is 1. The number of rotatable bonds is 13. The number of alkyl halides is 3. The monoisotopic (exact) mass is 694 g/mol. The predicted octanol–water partition coefficient (Wildman–Crippen LogP) is 7.34. The zero-order valence-electron chi connectivity index (χ0n) is 25.0. The number of nitrogens with zero attached hydrogens (tertiary/aromatic N) is 2. The molecule has 1 amide bonds. The molecule has 1 N–H and O–H groups in total. The summed E-state index contributed by atoms with van der Waals surface area (Å²) in [6.45, 7) is 1.40. The normalized spacial score (nSPS) is 14.3. The number of ether oxygens (including phenoxy) is 3. The zero-order chi connectivity index (χ0) is 33.6. The molecular weight excluding hydrogens is 665 g/mol. The minimum Gasteiger partial charge on any atom is -0.493 e. The van der Waals surface area contributed by atoms with Crippen LogP contribution in [0.25, 0.3) is 17.2 Å². The maximum atomic E-state index is 13.5. The van der Waals surface area contributed by atoms with E-state index in [0.29, 0.717) is 51.4 Å². The Kier molecular flexibility index (Phi) is 11.6. The first-order valence-corrected chi connectivity index (χ1v) is 15.5. The standard InChI is InChI=1S/C32H30ClF3N2O6S2/c1-37(2)12-14-44-25-9-5-19(23-18-22(32(34,35)36)7-8-24(23)33)15-21(25)17-28-29(39)38(31(45)46-28)11-4-13-43-26-10-6-20(30(40)41)16-27(26)42-3/h5-10,15-18H,4,11-14H2,1-3H3,(H,40,41)/b28-17-. The smallest absolute Gasteiger partial charge is 0.416 e. The Hall–Kier alpha value is -3.78. The topological polar surface area (TPSA) is 88.5 Å². The molecule has 3 aromatic carbocycles. The highest BCUT2D eigenvalue weighted by molar-refractivity contribution is 8.26. The third kappa shape index (κ3) is 8.72. The number of aromatic carboxylic acids is 1. The third-order valence-corrected chi connectivity index (χ3v) is 8.47. The maximum Gasteiger partial charge on any atom is 0.416 e. The van der Waals surface area contributed by atoms with Gasteiger partial charge in [-0.25, -0.2) is 4.79 Å². The van der Waals surface area contributed by atoms with Gasteiger partial charge in [0.25, 0.3) is 5.91 Å². The van der Waals surface area contributed by atoms with Crippen molar-refractivity contribution in [3.63, 3.8) is 0 Å². The quantitative estimate of drug-likeness (QED) is 0.112. The Labute approximate surface area is 278 Å². The summed E-state index contributed by atoms with van der Waals surface area (Å²) in [5.41, 5.74) is 0.309. The maximum absolute atomic E-state index is 13.5. The van der Waals surface area contributed by atoms with Crippen molar-refractivity contribution in [2.75, 3.05) is 47.5 Å². The van der Waals surface area contributed by atoms with Gasteiger partial charge in [-0.15, -0.1) is 0 Å². The number of carbonyl (C=O) groups excluding carboxylic acids is 1. The van der Waals surface area contributed by atoms with Crippen LogP contribution >= 0.6 is 35.6 Å². The average molecular weight is 695 g/mol. The van der Waals surface area contributed by atoms with Gasteiger partial charge in [0.15, 0.2) is 11.5 Å². The van der Waals surface area contributed by atoms with E-state index in [9.17, 15) is 27.9 Å². The Morgan fingerprint density at radius 2 is 1.76 bits per heavy atom. The van der Waals surface area contributed by atoms with E-state index in [-0.39, 0.29) is 41.0 Å². The molecule has 0 aliphatic carbocycles. The second-order valence-corrected chi connectivity index (χ2v) is 12.4. The molecule has 1 fully saturated rings. The molecular formula is C32H30ClF3N2O6S2. The van der Waals surface area contributed by atoms with E-state index in [2.05, 4.69) is 0 Å². The summed E-state index contributed by atoms with van der Waals surface area (Å²) in [5, 5.41) is 9.32. The van der Waals surface area contributed by atoms with E-state index in [1.807, 2.05) is 19.0 Å². The Bertz CT molecular complexity index is 1670. The minimum absolute atomic E-state index is 0.0586. The number of benzene rings is 3. The molecule has 1 saturated heterocycles. The van der Waals surface area contributed by atoms with Crippen molar-refractivity contribution in [1.29, 1.82) is 0 Å². The fourth-order valence-electron chi connectivity index (χ4n) is 4.38. The lowest BCUT2D eigenvalue weighted by Gasteiger charge is -2.16. The van der Waals surface area contributed by atoms with Gasteiger partial charge in [-0.3, -0.25) is 9.69 Å². The second kappa shape index (κ2) is 15.2. The molecule has 14 heteroatoms. The molecule has 4 rings (SSSR count). The molecule has 3 aromatic rings. The summed E-state index contributed by atoms with van der Waals surface area (Å²) >= 11 is 12.9. The molecule has 1 aliphatic heterocycles. The summed E-state index contributed by atoms with van der Waals surface area (Å²) in [5.74, 6) is -0.355. The molecule has 244 valence electrons. The highest BCUT2D eigenvalue weighted by Gasteiger charge is 2.33. The molecule has 0 saturated carbocycles. The molecule has 1 heterocycles. The van der Waals surface area contributed by atoms with Gasteiger partial charge >= 0.3 is 12.1 Å². The van der Waals surface area contributed by atoms with Gasteiger partial charge in [-0.1, -0.05) is 41.6 Å². The van der Waals surface area contributed by atoms with Crippen LogP contribution in [-0.2, 0) is 11.0 Å². The van der Waals surface area contributed by atoms with Crippen molar-refractivity contribution in [3.05, 3.63) is 81.2 Å². The first-order chi connectivity index (χ1) is 21.8. The first kappa shape index (κ1) is 35.1. The number of thiocarbonyl (C=S) groups is 1. The number of carboxylic acid groups (broad SMARTS) is 1. The van der Waals surface area contributed by atoms with Gasteiger partial charge < -0.3 is 24.2 Å². The van der Waals surface area contributed by atoms with Crippen LogP contribution in [-0.4, -0.2) is 78.6 Å². The molecule has 0 unspecified atom stereocenters. The molecule has 0 spiro atoms. The van der Waals surface area contributed by atoms with Crippen molar-refractivity contribution >= 4 is 57.9 Å². The van der Waals surface area contributed by atoms with E-state index in [1.165, 1.54) is 36.3 Å². The lowest BCUT2D eigenvalue weighted by Crippen LogP contribution is -2.30. The highest BCUT2D eigenvalue weighted by atomic mass is 35.5. The van der Waals surface area contributed by atoms with E-state index < -0.39 is 17.7 Å². The van der Waals surface area contributed by atoms with Crippen LogP contribution in [0, 0.1) is 0 Å². The van der Waals surface area contributed by atoms with E-state index in [4.69, 9.17) is 38.0 Å². The zero-order valence-corrected chi connectivity index (χ0v) is 27.4. The lowest BCUT2D eigenvalue weighted by molar-refractivity contribution is -0.137. The largest absolute Gasteiger partial charge is 0.493 e. The average Bonchev–Trinajstić information content (AvgIpc) is 3.26. The number of carbonyl (C=O) groups is 2. The van der Waals surface area contributed by atoms with Crippen LogP contribution in [0.1, 0.15) is 27.9 Å². The molecule has 1 aliphatic rings. The van der Waals surface area contributed by atoms with Crippen molar-refractivity contribution in [1.82, 2.24) is 9.80 Å². The number of thioether (sulfide) groups is 1. The number of methoxy groups -OCH3 is 1. The van der Waals surface area contributed by atoms with E-state index in [1.54, 1.807) is 24.3 Å². The van der Waals surface area contributed by atoms with Crippen molar-refractivity contribution in [3.8, 4) is 28.4 Å². The number of likely N-dealkylation sites (N-methyl/N-ethyl adjacent to an activating group) is 1. The number of hydrogen-bond donors (Lipinski definition) is 1. The van der Waals surface area contributed by atoms with Crippen LogP contribution in [0.4, 0.5) is 13.2 Å².